The van der Waals surface area contributed by atoms with E-state index in [2.05, 4.69) is 5.32 Å². The van der Waals surface area contributed by atoms with Gasteiger partial charge in [0.1, 0.15) is 11.4 Å². The molecule has 17 heavy (non-hydrogen) atoms. The van der Waals surface area contributed by atoms with Crippen molar-refractivity contribution in [1.82, 2.24) is 5.32 Å². The standard InChI is InChI=1S/C12H16FNO3/c1-2-12(11(16)17,14-7-8-15)9-3-5-10(13)6-4-9/h3-6,14-15H,2,7-8H2,1H3,(H,16,17). The van der Waals surface area contributed by atoms with Crippen LogP contribution in [0.3, 0.4) is 0 Å². The molecule has 1 aromatic carbocycles. The van der Waals surface area contributed by atoms with Crippen molar-refractivity contribution >= 4 is 5.97 Å². The largest absolute Gasteiger partial charge is 0.480 e. The number of aliphatic hydroxyl groups is 1. The molecule has 0 spiro atoms. The van der Waals surface area contributed by atoms with E-state index in [0.717, 1.165) is 0 Å². The fraction of sp³-hybridized carbons (Fsp3) is 0.417. The Morgan fingerprint density at radius 1 is 1.41 bits per heavy atom. The second kappa shape index (κ2) is 5.75. The van der Waals surface area contributed by atoms with Gasteiger partial charge in [0.25, 0.3) is 0 Å². The van der Waals surface area contributed by atoms with Crippen LogP contribution in [0.2, 0.25) is 0 Å². The summed E-state index contributed by atoms with van der Waals surface area (Å²) in [5.74, 6) is -1.45. The molecule has 0 aliphatic heterocycles. The number of hydrogen-bond donors (Lipinski definition) is 3. The Balaban J connectivity index is 3.12. The molecule has 0 fully saturated rings. The van der Waals surface area contributed by atoms with E-state index in [1.807, 2.05) is 0 Å². The monoisotopic (exact) mass is 241 g/mol. The molecule has 1 atom stereocenters. The number of hydrogen-bond acceptors (Lipinski definition) is 3. The molecule has 4 nitrogen and oxygen atoms in total. The Kier molecular flexibility index (Phi) is 4.60. The van der Waals surface area contributed by atoms with Crippen LogP contribution in [0.25, 0.3) is 0 Å². The van der Waals surface area contributed by atoms with Gasteiger partial charge in [0.2, 0.25) is 0 Å². The lowest BCUT2D eigenvalue weighted by molar-refractivity contribution is -0.145. The van der Waals surface area contributed by atoms with Gasteiger partial charge < -0.3 is 10.2 Å². The Labute approximate surface area is 99.1 Å². The van der Waals surface area contributed by atoms with Crippen LogP contribution in [0.5, 0.6) is 0 Å². The van der Waals surface area contributed by atoms with E-state index in [1.165, 1.54) is 24.3 Å². The van der Waals surface area contributed by atoms with Gasteiger partial charge in [0.05, 0.1) is 6.61 Å². The maximum absolute atomic E-state index is 12.8. The SMILES string of the molecule is CCC(NCCO)(C(=O)O)c1ccc(F)cc1. The minimum absolute atomic E-state index is 0.157. The van der Waals surface area contributed by atoms with E-state index in [0.29, 0.717) is 12.0 Å². The van der Waals surface area contributed by atoms with Gasteiger partial charge in [0.15, 0.2) is 0 Å². The fourth-order valence-corrected chi connectivity index (χ4v) is 1.79. The van der Waals surface area contributed by atoms with Crippen molar-refractivity contribution in [3.63, 3.8) is 0 Å². The Hall–Kier alpha value is -1.46. The highest BCUT2D eigenvalue weighted by Crippen LogP contribution is 2.25. The zero-order valence-electron chi connectivity index (χ0n) is 9.61. The van der Waals surface area contributed by atoms with Crippen molar-refractivity contribution in [2.24, 2.45) is 0 Å². The van der Waals surface area contributed by atoms with Crippen LogP contribution < -0.4 is 5.32 Å². The maximum atomic E-state index is 12.8. The van der Waals surface area contributed by atoms with Crippen LogP contribution >= 0.6 is 0 Å². The Morgan fingerprint density at radius 3 is 2.41 bits per heavy atom. The summed E-state index contributed by atoms with van der Waals surface area (Å²) in [5, 5.41) is 20.9. The normalized spacial score (nSPS) is 14.3. The third-order valence-electron chi connectivity index (χ3n) is 2.77. The van der Waals surface area contributed by atoms with Crippen LogP contribution in [0.15, 0.2) is 24.3 Å². The Bertz CT molecular complexity index is 380. The summed E-state index contributed by atoms with van der Waals surface area (Å²) in [6.07, 6.45) is 0.300. The quantitative estimate of drug-likeness (QED) is 0.697. The molecule has 0 saturated heterocycles. The van der Waals surface area contributed by atoms with Crippen molar-refractivity contribution in [1.29, 1.82) is 0 Å². The molecule has 5 heteroatoms. The molecule has 0 saturated carbocycles. The van der Waals surface area contributed by atoms with E-state index >= 15 is 0 Å². The van der Waals surface area contributed by atoms with E-state index < -0.39 is 17.3 Å². The van der Waals surface area contributed by atoms with Crippen molar-refractivity contribution in [3.8, 4) is 0 Å². The number of carboxylic acid groups (broad SMARTS) is 1. The second-order valence-corrected chi connectivity index (χ2v) is 3.72. The lowest BCUT2D eigenvalue weighted by atomic mass is 9.87. The third-order valence-corrected chi connectivity index (χ3v) is 2.77. The van der Waals surface area contributed by atoms with Gasteiger partial charge in [-0.1, -0.05) is 19.1 Å². The average Bonchev–Trinajstić information content (AvgIpc) is 2.32. The molecular weight excluding hydrogens is 225 g/mol. The highest BCUT2D eigenvalue weighted by molar-refractivity contribution is 5.80. The van der Waals surface area contributed by atoms with Gasteiger partial charge in [-0.15, -0.1) is 0 Å². The second-order valence-electron chi connectivity index (χ2n) is 3.72. The Morgan fingerprint density at radius 2 is 2.00 bits per heavy atom. The number of carboxylic acids is 1. The minimum atomic E-state index is -1.28. The first-order chi connectivity index (χ1) is 8.06. The number of nitrogens with one attached hydrogen (secondary N) is 1. The predicted octanol–water partition coefficient (Wildman–Crippen LogP) is 1.10. The van der Waals surface area contributed by atoms with Gasteiger partial charge >= 0.3 is 5.97 Å². The first kappa shape index (κ1) is 13.6. The number of aliphatic carboxylic acids is 1. The van der Waals surface area contributed by atoms with Crippen molar-refractivity contribution < 1.29 is 19.4 Å². The highest BCUT2D eigenvalue weighted by atomic mass is 19.1. The average molecular weight is 241 g/mol. The molecule has 1 aromatic rings. The summed E-state index contributed by atoms with van der Waals surface area (Å²) in [6.45, 7) is 1.73. The van der Waals surface area contributed by atoms with Gasteiger partial charge in [-0.2, -0.15) is 0 Å². The summed E-state index contributed by atoms with van der Waals surface area (Å²) >= 11 is 0. The van der Waals surface area contributed by atoms with E-state index in [9.17, 15) is 14.3 Å². The zero-order chi connectivity index (χ0) is 12.9. The van der Waals surface area contributed by atoms with Crippen LogP contribution in [-0.2, 0) is 10.3 Å². The van der Waals surface area contributed by atoms with Crippen molar-refractivity contribution in [3.05, 3.63) is 35.6 Å². The zero-order valence-corrected chi connectivity index (χ0v) is 9.61. The predicted molar refractivity (Wildman–Crippen MR) is 61.1 cm³/mol. The maximum Gasteiger partial charge on any atom is 0.328 e. The van der Waals surface area contributed by atoms with Crippen LogP contribution in [0.1, 0.15) is 18.9 Å². The molecular formula is C12H16FNO3. The molecule has 1 unspecified atom stereocenters. The first-order valence-corrected chi connectivity index (χ1v) is 5.42. The van der Waals surface area contributed by atoms with Gasteiger partial charge in [-0.05, 0) is 24.1 Å². The molecule has 3 N–H and O–H groups in total. The third kappa shape index (κ3) is 2.81. The molecule has 0 amide bonds. The van der Waals surface area contributed by atoms with Crippen LogP contribution in [0, 0.1) is 5.82 Å². The molecule has 0 heterocycles. The molecule has 0 aliphatic rings. The van der Waals surface area contributed by atoms with Gasteiger partial charge in [-0.25, -0.2) is 9.18 Å². The number of aliphatic hydroxyl groups excluding tert-OH is 1. The topological polar surface area (TPSA) is 69.6 Å². The fourth-order valence-electron chi connectivity index (χ4n) is 1.79. The summed E-state index contributed by atoms with van der Waals surface area (Å²) in [7, 11) is 0. The van der Waals surface area contributed by atoms with E-state index in [-0.39, 0.29) is 13.2 Å². The van der Waals surface area contributed by atoms with Gasteiger partial charge in [0, 0.05) is 6.54 Å². The number of halogens is 1. The summed E-state index contributed by atoms with van der Waals surface area (Å²) in [4.78, 5) is 11.4. The first-order valence-electron chi connectivity index (χ1n) is 5.42. The number of carbonyl (C=O) groups is 1. The van der Waals surface area contributed by atoms with Gasteiger partial charge in [-0.3, -0.25) is 5.32 Å². The lowest BCUT2D eigenvalue weighted by Gasteiger charge is -2.29. The van der Waals surface area contributed by atoms with E-state index in [4.69, 9.17) is 5.11 Å². The molecule has 0 aliphatic carbocycles. The molecule has 1 rings (SSSR count). The summed E-state index contributed by atoms with van der Waals surface area (Å²) < 4.78 is 12.8. The number of benzene rings is 1. The van der Waals surface area contributed by atoms with E-state index in [1.54, 1.807) is 6.92 Å². The molecule has 0 bridgehead atoms. The van der Waals surface area contributed by atoms with Crippen molar-refractivity contribution in [2.45, 2.75) is 18.9 Å². The molecule has 0 aromatic heterocycles. The minimum Gasteiger partial charge on any atom is -0.480 e. The van der Waals surface area contributed by atoms with Crippen LogP contribution in [0.4, 0.5) is 4.39 Å². The molecule has 0 radical (unpaired) electrons. The van der Waals surface area contributed by atoms with Crippen molar-refractivity contribution in [2.75, 3.05) is 13.2 Å². The number of rotatable bonds is 6. The highest BCUT2D eigenvalue weighted by Gasteiger charge is 2.37. The summed E-state index contributed by atoms with van der Waals surface area (Å²) in [5.41, 5.74) is -0.807. The lowest BCUT2D eigenvalue weighted by Crippen LogP contribution is -2.49. The van der Waals surface area contributed by atoms with Crippen LogP contribution in [-0.4, -0.2) is 29.3 Å². The summed E-state index contributed by atoms with van der Waals surface area (Å²) in [6, 6.07) is 5.33. The molecule has 94 valence electrons. The smallest absolute Gasteiger partial charge is 0.328 e.